The Balaban J connectivity index is 1.98. The first-order valence-electron chi connectivity index (χ1n) is 9.70. The van der Waals surface area contributed by atoms with E-state index in [9.17, 15) is 14.4 Å². The molecule has 31 heavy (non-hydrogen) atoms. The first kappa shape index (κ1) is 23.4. The van der Waals surface area contributed by atoms with Crippen molar-refractivity contribution in [3.8, 4) is 0 Å². The summed E-state index contributed by atoms with van der Waals surface area (Å²) in [5.41, 5.74) is 7.41. The molecular formula is C22H25N3O6. The van der Waals surface area contributed by atoms with Gasteiger partial charge in [-0.2, -0.15) is 0 Å². The van der Waals surface area contributed by atoms with Gasteiger partial charge in [-0.1, -0.05) is 60.7 Å². The molecule has 0 spiro atoms. The first-order chi connectivity index (χ1) is 15.0. The van der Waals surface area contributed by atoms with Gasteiger partial charge in [0.1, 0.15) is 13.2 Å². The molecule has 0 aromatic heterocycles. The van der Waals surface area contributed by atoms with Crippen molar-refractivity contribution in [2.24, 2.45) is 10.7 Å². The van der Waals surface area contributed by atoms with Gasteiger partial charge in [0, 0.05) is 13.0 Å². The van der Waals surface area contributed by atoms with Gasteiger partial charge in [0.05, 0.1) is 0 Å². The number of carboxylic acids is 1. The fourth-order valence-corrected chi connectivity index (χ4v) is 2.55. The zero-order valence-corrected chi connectivity index (χ0v) is 17.0. The first-order valence-corrected chi connectivity index (χ1v) is 9.70. The molecule has 0 radical (unpaired) electrons. The van der Waals surface area contributed by atoms with Crippen LogP contribution in [-0.4, -0.2) is 40.7 Å². The van der Waals surface area contributed by atoms with Crippen LogP contribution in [0.2, 0.25) is 0 Å². The van der Waals surface area contributed by atoms with Crippen molar-refractivity contribution in [2.75, 3.05) is 6.54 Å². The van der Waals surface area contributed by atoms with Crippen molar-refractivity contribution in [3.05, 3.63) is 71.8 Å². The SMILES string of the molecule is NC(=NC(=O)OCc1ccccc1)N(CCCCC(=O)O)C(=O)OCc1ccccc1. The van der Waals surface area contributed by atoms with Gasteiger partial charge in [-0.05, 0) is 24.0 Å². The number of benzene rings is 2. The van der Waals surface area contributed by atoms with Crippen LogP contribution in [0, 0.1) is 0 Å². The van der Waals surface area contributed by atoms with Crippen LogP contribution in [-0.2, 0) is 27.5 Å². The van der Waals surface area contributed by atoms with E-state index in [1.54, 1.807) is 24.3 Å². The molecule has 0 aliphatic carbocycles. The maximum absolute atomic E-state index is 12.5. The van der Waals surface area contributed by atoms with Gasteiger partial charge in [0.25, 0.3) is 0 Å². The molecular weight excluding hydrogens is 402 g/mol. The molecule has 2 aromatic rings. The van der Waals surface area contributed by atoms with Crippen molar-refractivity contribution in [3.63, 3.8) is 0 Å². The highest BCUT2D eigenvalue weighted by atomic mass is 16.6. The zero-order chi connectivity index (χ0) is 22.5. The third kappa shape index (κ3) is 8.99. The molecule has 9 nitrogen and oxygen atoms in total. The lowest BCUT2D eigenvalue weighted by Gasteiger charge is -2.20. The third-order valence-electron chi connectivity index (χ3n) is 4.14. The molecule has 0 bridgehead atoms. The zero-order valence-electron chi connectivity index (χ0n) is 17.0. The molecule has 9 heteroatoms. The molecule has 0 heterocycles. The van der Waals surface area contributed by atoms with Crippen molar-refractivity contribution in [1.29, 1.82) is 0 Å². The Bertz CT molecular complexity index is 887. The minimum absolute atomic E-state index is 0.00746. The number of ether oxygens (including phenoxy) is 2. The minimum atomic E-state index is -0.951. The van der Waals surface area contributed by atoms with E-state index in [1.807, 2.05) is 36.4 Å². The number of carbonyl (C=O) groups excluding carboxylic acids is 2. The van der Waals surface area contributed by atoms with Crippen LogP contribution in [0.5, 0.6) is 0 Å². The van der Waals surface area contributed by atoms with E-state index < -0.39 is 18.2 Å². The monoisotopic (exact) mass is 427 g/mol. The molecule has 0 unspecified atom stereocenters. The average Bonchev–Trinajstić information content (AvgIpc) is 2.77. The summed E-state index contributed by atoms with van der Waals surface area (Å²) in [6.45, 7) is 0.0623. The number of hydrogen-bond donors (Lipinski definition) is 2. The Morgan fingerprint density at radius 2 is 1.42 bits per heavy atom. The quantitative estimate of drug-likeness (QED) is 0.355. The summed E-state index contributed by atoms with van der Waals surface area (Å²) in [5, 5.41) is 8.76. The van der Waals surface area contributed by atoms with Crippen LogP contribution < -0.4 is 5.73 Å². The van der Waals surface area contributed by atoms with E-state index >= 15 is 0 Å². The second-order valence-electron chi connectivity index (χ2n) is 6.55. The van der Waals surface area contributed by atoms with Gasteiger partial charge in [0.15, 0.2) is 0 Å². The van der Waals surface area contributed by atoms with Gasteiger partial charge >= 0.3 is 18.2 Å². The fraction of sp³-hybridized carbons (Fsp3) is 0.273. The molecule has 2 aromatic carbocycles. The van der Waals surface area contributed by atoms with Gasteiger partial charge in [0.2, 0.25) is 5.96 Å². The minimum Gasteiger partial charge on any atom is -0.481 e. The Morgan fingerprint density at radius 3 is 1.97 bits per heavy atom. The molecule has 0 aliphatic heterocycles. The Hall–Kier alpha value is -3.88. The van der Waals surface area contributed by atoms with Crippen molar-refractivity contribution in [1.82, 2.24) is 4.90 Å². The number of aliphatic imine (C=N–C) groups is 1. The molecule has 0 atom stereocenters. The highest BCUT2D eigenvalue weighted by molar-refractivity contribution is 5.97. The number of nitrogens with two attached hydrogens (primary N) is 1. The molecule has 0 fully saturated rings. The summed E-state index contributed by atoms with van der Waals surface area (Å²) in [5.74, 6) is -1.32. The predicted octanol–water partition coefficient (Wildman–Crippen LogP) is 3.53. The number of carbonyl (C=O) groups is 3. The van der Waals surface area contributed by atoms with Gasteiger partial charge < -0.3 is 20.3 Å². The van der Waals surface area contributed by atoms with Crippen LogP contribution in [0.4, 0.5) is 9.59 Å². The van der Waals surface area contributed by atoms with Crippen LogP contribution >= 0.6 is 0 Å². The number of hydrogen-bond acceptors (Lipinski definition) is 5. The number of nitrogens with zero attached hydrogens (tertiary/aromatic N) is 2. The van der Waals surface area contributed by atoms with Crippen LogP contribution in [0.25, 0.3) is 0 Å². The van der Waals surface area contributed by atoms with Crippen molar-refractivity contribution >= 4 is 24.1 Å². The summed E-state index contributed by atoms with van der Waals surface area (Å²) in [6, 6.07) is 18.1. The summed E-state index contributed by atoms with van der Waals surface area (Å²) in [6.07, 6.45) is -1.14. The Kier molecular flexibility index (Phi) is 9.54. The van der Waals surface area contributed by atoms with E-state index in [2.05, 4.69) is 4.99 Å². The second-order valence-corrected chi connectivity index (χ2v) is 6.55. The molecule has 3 N–H and O–H groups in total. The van der Waals surface area contributed by atoms with Crippen LogP contribution in [0.15, 0.2) is 65.7 Å². The summed E-state index contributed by atoms with van der Waals surface area (Å²) < 4.78 is 10.3. The lowest BCUT2D eigenvalue weighted by molar-refractivity contribution is -0.137. The van der Waals surface area contributed by atoms with E-state index in [0.717, 1.165) is 16.0 Å². The topological polar surface area (TPSA) is 132 Å². The van der Waals surface area contributed by atoms with E-state index in [1.165, 1.54) is 0 Å². The molecule has 2 amide bonds. The molecule has 0 saturated heterocycles. The fourth-order valence-electron chi connectivity index (χ4n) is 2.55. The summed E-state index contributed by atoms with van der Waals surface area (Å²) >= 11 is 0. The third-order valence-corrected chi connectivity index (χ3v) is 4.14. The number of unbranched alkanes of at least 4 members (excludes halogenated alkanes) is 1. The standard InChI is InChI=1S/C22H25N3O6/c23-20(24-21(28)30-15-17-9-3-1-4-10-17)25(14-8-7-13-19(26)27)22(29)31-16-18-11-5-2-6-12-18/h1-6,9-12H,7-8,13-16H2,(H,26,27)(H2,23,24,28). The highest BCUT2D eigenvalue weighted by Gasteiger charge is 2.20. The maximum Gasteiger partial charge on any atom is 0.437 e. The van der Waals surface area contributed by atoms with Gasteiger partial charge in [-0.15, -0.1) is 4.99 Å². The van der Waals surface area contributed by atoms with Gasteiger partial charge in [-0.25, -0.2) is 14.5 Å². The summed E-state index contributed by atoms with van der Waals surface area (Å²) in [7, 11) is 0. The number of amides is 2. The molecule has 2 rings (SSSR count). The number of guanidine groups is 1. The number of aliphatic carboxylic acids is 1. The molecule has 0 aliphatic rings. The van der Waals surface area contributed by atoms with Gasteiger partial charge in [-0.3, -0.25) is 4.79 Å². The van der Waals surface area contributed by atoms with Crippen LogP contribution in [0.3, 0.4) is 0 Å². The van der Waals surface area contributed by atoms with E-state index in [-0.39, 0.29) is 32.1 Å². The lowest BCUT2D eigenvalue weighted by Crippen LogP contribution is -2.43. The van der Waals surface area contributed by atoms with E-state index in [0.29, 0.717) is 12.8 Å². The highest BCUT2D eigenvalue weighted by Crippen LogP contribution is 2.07. The smallest absolute Gasteiger partial charge is 0.437 e. The Morgan fingerprint density at radius 1 is 0.871 bits per heavy atom. The predicted molar refractivity (Wildman–Crippen MR) is 113 cm³/mol. The molecule has 0 saturated carbocycles. The normalized spacial score (nSPS) is 10.9. The van der Waals surface area contributed by atoms with E-state index in [4.69, 9.17) is 20.3 Å². The molecule has 164 valence electrons. The maximum atomic E-state index is 12.5. The van der Waals surface area contributed by atoms with Crippen LogP contribution in [0.1, 0.15) is 30.4 Å². The summed E-state index contributed by atoms with van der Waals surface area (Å²) in [4.78, 5) is 39.8. The van der Waals surface area contributed by atoms with Crippen molar-refractivity contribution in [2.45, 2.75) is 32.5 Å². The number of carboxylic acid groups (broad SMARTS) is 1. The lowest BCUT2D eigenvalue weighted by atomic mass is 10.2. The average molecular weight is 427 g/mol. The second kappa shape index (κ2) is 12.6. The number of rotatable bonds is 9. The van der Waals surface area contributed by atoms with Crippen molar-refractivity contribution < 1.29 is 29.0 Å². The Labute approximate surface area is 180 Å². The largest absolute Gasteiger partial charge is 0.481 e.